The van der Waals surface area contributed by atoms with Crippen LogP contribution in [0.15, 0.2) is 59.4 Å². The molecule has 30 heavy (non-hydrogen) atoms. The van der Waals surface area contributed by atoms with Crippen molar-refractivity contribution in [1.29, 1.82) is 0 Å². The molecule has 6 nitrogen and oxygen atoms in total. The highest BCUT2D eigenvalue weighted by molar-refractivity contribution is 6.35. The van der Waals surface area contributed by atoms with Gasteiger partial charge in [0, 0.05) is 27.8 Å². The monoisotopic (exact) mass is 443 g/mol. The van der Waals surface area contributed by atoms with Crippen LogP contribution in [0.1, 0.15) is 11.1 Å². The lowest BCUT2D eigenvalue weighted by Gasteiger charge is -2.14. The highest BCUT2D eigenvalue weighted by Gasteiger charge is 2.09. The number of H-pyrrole nitrogens is 2. The molecule has 0 aliphatic carbocycles. The first kappa shape index (κ1) is 20.2. The van der Waals surface area contributed by atoms with Gasteiger partial charge >= 0.3 is 5.69 Å². The Labute approximate surface area is 182 Å². The molecule has 154 valence electrons. The normalized spacial score (nSPS) is 10.9. The van der Waals surface area contributed by atoms with E-state index in [1.165, 1.54) is 0 Å². The fourth-order valence-electron chi connectivity index (χ4n) is 3.08. The van der Waals surface area contributed by atoms with E-state index in [-0.39, 0.29) is 5.69 Å². The van der Waals surface area contributed by atoms with Crippen molar-refractivity contribution < 1.29 is 9.47 Å². The number of methoxy groups -OCH3 is 1. The van der Waals surface area contributed by atoms with Crippen LogP contribution in [0.25, 0.3) is 11.0 Å². The Morgan fingerprint density at radius 1 is 0.933 bits per heavy atom. The molecule has 0 aliphatic rings. The summed E-state index contributed by atoms with van der Waals surface area (Å²) in [6, 6.07) is 16.7. The van der Waals surface area contributed by atoms with Crippen LogP contribution in [0.2, 0.25) is 10.0 Å². The Kier molecular flexibility index (Phi) is 5.88. The molecule has 1 aromatic heterocycles. The third-order valence-corrected chi connectivity index (χ3v) is 5.23. The number of rotatable bonds is 7. The number of benzene rings is 3. The number of hydrogen-bond acceptors (Lipinski definition) is 4. The predicted octanol–water partition coefficient (Wildman–Crippen LogP) is 5.36. The molecule has 0 saturated carbocycles. The minimum Gasteiger partial charge on any atom is -0.493 e. The number of ether oxygens (including phenoxy) is 2. The average Bonchev–Trinajstić information content (AvgIpc) is 3.11. The lowest BCUT2D eigenvalue weighted by atomic mass is 10.2. The topological polar surface area (TPSA) is 79.1 Å². The van der Waals surface area contributed by atoms with E-state index in [0.717, 1.165) is 27.8 Å². The molecular formula is C22H19Cl2N3O3. The second-order valence-corrected chi connectivity index (χ2v) is 7.55. The van der Waals surface area contributed by atoms with Crippen LogP contribution in [-0.4, -0.2) is 17.1 Å². The van der Waals surface area contributed by atoms with Gasteiger partial charge in [-0.1, -0.05) is 35.3 Å². The molecule has 0 aliphatic heterocycles. The molecule has 0 fully saturated rings. The van der Waals surface area contributed by atoms with Crippen molar-refractivity contribution in [1.82, 2.24) is 9.97 Å². The van der Waals surface area contributed by atoms with Crippen molar-refractivity contribution in [2.45, 2.75) is 13.2 Å². The Morgan fingerprint density at radius 2 is 1.77 bits per heavy atom. The van der Waals surface area contributed by atoms with Gasteiger partial charge in [0.15, 0.2) is 11.5 Å². The summed E-state index contributed by atoms with van der Waals surface area (Å²) in [6.45, 7) is 0.888. The molecule has 0 bridgehead atoms. The smallest absolute Gasteiger partial charge is 0.323 e. The van der Waals surface area contributed by atoms with Crippen molar-refractivity contribution >= 4 is 39.9 Å². The van der Waals surface area contributed by atoms with E-state index in [0.29, 0.717) is 34.7 Å². The van der Waals surface area contributed by atoms with Crippen LogP contribution in [0.5, 0.6) is 11.5 Å². The van der Waals surface area contributed by atoms with Crippen LogP contribution in [-0.2, 0) is 13.2 Å². The van der Waals surface area contributed by atoms with Gasteiger partial charge in [0.05, 0.1) is 18.1 Å². The van der Waals surface area contributed by atoms with E-state index in [1.54, 1.807) is 19.2 Å². The fourth-order valence-corrected chi connectivity index (χ4v) is 3.55. The van der Waals surface area contributed by atoms with Gasteiger partial charge in [-0.2, -0.15) is 0 Å². The molecule has 1 heterocycles. The Hall–Kier alpha value is -3.09. The predicted molar refractivity (Wildman–Crippen MR) is 120 cm³/mol. The SMILES string of the molecule is COc1cc(CNc2ccc3[nH]c(=O)[nH]c3c2)ccc1OCc1ccc(Cl)cc1Cl. The summed E-state index contributed by atoms with van der Waals surface area (Å²) in [6.07, 6.45) is 0. The third kappa shape index (κ3) is 4.56. The van der Waals surface area contributed by atoms with Gasteiger partial charge in [-0.3, -0.25) is 0 Å². The number of nitrogens with one attached hydrogen (secondary N) is 3. The first-order chi connectivity index (χ1) is 14.5. The molecule has 0 saturated heterocycles. The molecule has 0 amide bonds. The van der Waals surface area contributed by atoms with E-state index < -0.39 is 0 Å². The summed E-state index contributed by atoms with van der Waals surface area (Å²) in [4.78, 5) is 16.9. The largest absolute Gasteiger partial charge is 0.493 e. The quantitative estimate of drug-likeness (QED) is 0.359. The van der Waals surface area contributed by atoms with Crippen molar-refractivity contribution in [2.75, 3.05) is 12.4 Å². The van der Waals surface area contributed by atoms with Crippen LogP contribution in [0.4, 0.5) is 5.69 Å². The number of imidazole rings is 1. The zero-order valence-corrected chi connectivity index (χ0v) is 17.6. The summed E-state index contributed by atoms with van der Waals surface area (Å²) in [5.41, 5.74) is 4.07. The van der Waals surface area contributed by atoms with Crippen molar-refractivity contribution in [3.8, 4) is 11.5 Å². The van der Waals surface area contributed by atoms with Crippen LogP contribution in [0, 0.1) is 0 Å². The summed E-state index contributed by atoms with van der Waals surface area (Å²) < 4.78 is 11.4. The van der Waals surface area contributed by atoms with E-state index >= 15 is 0 Å². The highest BCUT2D eigenvalue weighted by atomic mass is 35.5. The first-order valence-electron chi connectivity index (χ1n) is 9.21. The van der Waals surface area contributed by atoms with Gasteiger partial charge in [0.1, 0.15) is 6.61 Å². The molecule has 3 aromatic carbocycles. The standard InChI is InChI=1S/C22H19Cl2N3O3/c1-29-21-8-13(11-25-16-5-6-18-19(10-16)27-22(28)26-18)2-7-20(21)30-12-14-3-4-15(23)9-17(14)24/h2-10,25H,11-12H2,1H3,(H2,26,27,28). The summed E-state index contributed by atoms with van der Waals surface area (Å²) in [7, 11) is 1.60. The lowest BCUT2D eigenvalue weighted by molar-refractivity contribution is 0.284. The molecule has 0 atom stereocenters. The van der Waals surface area contributed by atoms with E-state index in [9.17, 15) is 4.79 Å². The van der Waals surface area contributed by atoms with E-state index in [4.69, 9.17) is 32.7 Å². The number of halogens is 2. The zero-order valence-electron chi connectivity index (χ0n) is 16.1. The number of fused-ring (bicyclic) bond motifs is 1. The Bertz CT molecular complexity index is 1250. The van der Waals surface area contributed by atoms with Gasteiger partial charge < -0.3 is 24.8 Å². The van der Waals surface area contributed by atoms with Gasteiger partial charge in [0.2, 0.25) is 0 Å². The van der Waals surface area contributed by atoms with Gasteiger partial charge in [-0.05, 0) is 48.0 Å². The molecule has 0 radical (unpaired) electrons. The maximum absolute atomic E-state index is 11.4. The number of aromatic amines is 2. The maximum Gasteiger partial charge on any atom is 0.323 e. The molecule has 8 heteroatoms. The zero-order chi connectivity index (χ0) is 21.1. The molecule has 4 aromatic rings. The Balaban J connectivity index is 1.43. The highest BCUT2D eigenvalue weighted by Crippen LogP contribution is 2.30. The van der Waals surface area contributed by atoms with Gasteiger partial charge in [-0.15, -0.1) is 0 Å². The average molecular weight is 444 g/mol. The molecular weight excluding hydrogens is 425 g/mol. The maximum atomic E-state index is 11.4. The lowest BCUT2D eigenvalue weighted by Crippen LogP contribution is -2.02. The first-order valence-corrected chi connectivity index (χ1v) is 9.97. The molecule has 0 unspecified atom stereocenters. The minimum absolute atomic E-state index is 0.220. The van der Waals surface area contributed by atoms with Crippen LogP contribution >= 0.6 is 23.2 Å². The Morgan fingerprint density at radius 3 is 2.57 bits per heavy atom. The summed E-state index contributed by atoms with van der Waals surface area (Å²) in [5.74, 6) is 1.25. The van der Waals surface area contributed by atoms with Crippen molar-refractivity contribution in [3.63, 3.8) is 0 Å². The number of hydrogen-bond donors (Lipinski definition) is 3. The third-order valence-electron chi connectivity index (χ3n) is 4.64. The van der Waals surface area contributed by atoms with Gasteiger partial charge in [0.25, 0.3) is 0 Å². The number of aromatic nitrogens is 2. The van der Waals surface area contributed by atoms with E-state index in [1.807, 2.05) is 42.5 Å². The summed E-state index contributed by atoms with van der Waals surface area (Å²) >= 11 is 12.1. The van der Waals surface area contributed by atoms with Crippen molar-refractivity contribution in [3.05, 3.63) is 86.3 Å². The van der Waals surface area contributed by atoms with Gasteiger partial charge in [-0.25, -0.2) is 4.79 Å². The van der Waals surface area contributed by atoms with Crippen LogP contribution in [0.3, 0.4) is 0 Å². The molecule has 3 N–H and O–H groups in total. The molecule has 0 spiro atoms. The second kappa shape index (κ2) is 8.73. The number of anilines is 1. The van der Waals surface area contributed by atoms with Crippen LogP contribution < -0.4 is 20.5 Å². The molecule has 4 rings (SSSR count). The minimum atomic E-state index is -0.220. The second-order valence-electron chi connectivity index (χ2n) is 6.70. The summed E-state index contributed by atoms with van der Waals surface area (Å²) in [5, 5.41) is 4.48. The van der Waals surface area contributed by atoms with E-state index in [2.05, 4.69) is 15.3 Å². The fraction of sp³-hybridized carbons (Fsp3) is 0.136. The van der Waals surface area contributed by atoms with Crippen molar-refractivity contribution in [2.24, 2.45) is 0 Å².